The number of para-hydroxylation sites is 1. The van der Waals surface area contributed by atoms with Gasteiger partial charge in [0.25, 0.3) is 0 Å². The highest BCUT2D eigenvalue weighted by Crippen LogP contribution is 2.27. The predicted molar refractivity (Wildman–Crippen MR) is 100.0 cm³/mol. The zero-order valence-electron chi connectivity index (χ0n) is 14.9. The number of aromatic nitrogens is 5. The molecule has 7 heteroatoms. The van der Waals surface area contributed by atoms with Gasteiger partial charge in [-0.15, -0.1) is 5.10 Å². The molecule has 1 aliphatic rings. The second kappa shape index (κ2) is 7.61. The highest BCUT2D eigenvalue weighted by atomic mass is 15.6. The first-order valence-electron chi connectivity index (χ1n) is 9.04. The molecule has 0 spiro atoms. The van der Waals surface area contributed by atoms with Gasteiger partial charge in [0.05, 0.1) is 11.7 Å². The van der Waals surface area contributed by atoms with Crippen LogP contribution < -0.4 is 5.32 Å². The smallest absolute Gasteiger partial charge is 0.173 e. The SMILES string of the molecule is C[C@@H](c1nnnn1-c1ccccc1)N1CC[C@H](CNc2ccccn2)C1. The lowest BCUT2D eigenvalue weighted by molar-refractivity contribution is 0.242. The molecule has 0 radical (unpaired) electrons. The fourth-order valence-corrected chi connectivity index (χ4v) is 3.47. The Bertz CT molecular complexity index is 818. The molecule has 0 aliphatic carbocycles. The van der Waals surface area contributed by atoms with Gasteiger partial charge < -0.3 is 5.32 Å². The Hall–Kier alpha value is -2.80. The molecule has 0 amide bonds. The largest absolute Gasteiger partial charge is 0.370 e. The molecule has 4 rings (SSSR count). The number of nitrogens with one attached hydrogen (secondary N) is 1. The van der Waals surface area contributed by atoms with Gasteiger partial charge in [0, 0.05) is 19.3 Å². The Kier molecular flexibility index (Phi) is 4.88. The van der Waals surface area contributed by atoms with Gasteiger partial charge in [-0.25, -0.2) is 4.98 Å². The minimum absolute atomic E-state index is 0.171. The fraction of sp³-hybridized carbons (Fsp3) is 0.368. The average molecular weight is 349 g/mol. The van der Waals surface area contributed by atoms with Crippen LogP contribution in [0.1, 0.15) is 25.2 Å². The van der Waals surface area contributed by atoms with Crippen LogP contribution in [0.3, 0.4) is 0 Å². The third kappa shape index (κ3) is 3.57. The molecule has 2 atom stereocenters. The van der Waals surface area contributed by atoms with E-state index < -0.39 is 0 Å². The highest BCUT2D eigenvalue weighted by Gasteiger charge is 2.29. The molecular formula is C19H23N7. The summed E-state index contributed by atoms with van der Waals surface area (Å²) in [5, 5.41) is 15.8. The molecule has 0 bridgehead atoms. The number of tetrazole rings is 1. The summed E-state index contributed by atoms with van der Waals surface area (Å²) in [6, 6.07) is 16.2. The van der Waals surface area contributed by atoms with E-state index in [0.717, 1.165) is 43.4 Å². The van der Waals surface area contributed by atoms with Crippen LogP contribution in [0.25, 0.3) is 5.69 Å². The number of rotatable bonds is 6. The third-order valence-corrected chi connectivity index (χ3v) is 4.97. The summed E-state index contributed by atoms with van der Waals surface area (Å²) in [4.78, 5) is 6.78. The van der Waals surface area contributed by atoms with Crippen LogP contribution in [0, 0.1) is 5.92 Å². The van der Waals surface area contributed by atoms with Gasteiger partial charge >= 0.3 is 0 Å². The standard InChI is InChI=1S/C19H23N7/c1-15(19-22-23-24-26(19)17-7-3-2-4-8-17)25-12-10-16(14-25)13-21-18-9-5-6-11-20-18/h2-9,11,15-16H,10,12-14H2,1H3,(H,20,21)/t15-,16+/m0/s1. The van der Waals surface area contributed by atoms with E-state index in [2.05, 4.69) is 37.6 Å². The van der Waals surface area contributed by atoms with E-state index in [9.17, 15) is 0 Å². The Morgan fingerprint density at radius 2 is 2.00 bits per heavy atom. The molecule has 0 unspecified atom stereocenters. The average Bonchev–Trinajstić information content (AvgIpc) is 3.37. The van der Waals surface area contributed by atoms with Crippen molar-refractivity contribution in [2.75, 3.05) is 25.0 Å². The zero-order chi connectivity index (χ0) is 17.8. The summed E-state index contributed by atoms with van der Waals surface area (Å²) >= 11 is 0. The van der Waals surface area contributed by atoms with Crippen LogP contribution in [0.2, 0.25) is 0 Å². The zero-order valence-corrected chi connectivity index (χ0v) is 14.9. The van der Waals surface area contributed by atoms with Gasteiger partial charge in [0.15, 0.2) is 5.82 Å². The number of pyridine rings is 1. The summed E-state index contributed by atoms with van der Waals surface area (Å²) in [7, 11) is 0. The minimum atomic E-state index is 0.171. The molecule has 1 fully saturated rings. The number of hydrogen-bond acceptors (Lipinski definition) is 6. The van der Waals surface area contributed by atoms with Crippen molar-refractivity contribution in [1.29, 1.82) is 0 Å². The van der Waals surface area contributed by atoms with E-state index in [1.54, 1.807) is 0 Å². The number of nitrogens with zero attached hydrogens (tertiary/aromatic N) is 6. The van der Waals surface area contributed by atoms with Gasteiger partial charge in [-0.1, -0.05) is 24.3 Å². The first-order valence-corrected chi connectivity index (χ1v) is 9.04. The van der Waals surface area contributed by atoms with E-state index in [1.807, 2.05) is 59.4 Å². The maximum atomic E-state index is 4.33. The molecule has 3 heterocycles. The number of likely N-dealkylation sites (tertiary alicyclic amines) is 1. The number of hydrogen-bond donors (Lipinski definition) is 1. The van der Waals surface area contributed by atoms with Crippen LogP contribution in [0.15, 0.2) is 54.7 Å². The van der Waals surface area contributed by atoms with E-state index in [1.165, 1.54) is 0 Å². The number of anilines is 1. The highest BCUT2D eigenvalue weighted by molar-refractivity contribution is 5.33. The van der Waals surface area contributed by atoms with Crippen molar-refractivity contribution in [3.8, 4) is 5.69 Å². The van der Waals surface area contributed by atoms with Crippen molar-refractivity contribution in [2.24, 2.45) is 5.92 Å². The quantitative estimate of drug-likeness (QED) is 0.737. The van der Waals surface area contributed by atoms with Crippen molar-refractivity contribution >= 4 is 5.82 Å². The summed E-state index contributed by atoms with van der Waals surface area (Å²) in [6.45, 7) is 5.20. The Morgan fingerprint density at radius 3 is 2.81 bits per heavy atom. The van der Waals surface area contributed by atoms with Crippen LogP contribution in [0.4, 0.5) is 5.82 Å². The van der Waals surface area contributed by atoms with Crippen molar-refractivity contribution in [2.45, 2.75) is 19.4 Å². The first kappa shape index (κ1) is 16.7. The van der Waals surface area contributed by atoms with Crippen LogP contribution in [-0.2, 0) is 0 Å². The lowest BCUT2D eigenvalue weighted by Crippen LogP contribution is -2.28. The summed E-state index contributed by atoms with van der Waals surface area (Å²) in [5.41, 5.74) is 0.993. The lowest BCUT2D eigenvalue weighted by Gasteiger charge is -2.23. The maximum Gasteiger partial charge on any atom is 0.173 e. The van der Waals surface area contributed by atoms with E-state index in [4.69, 9.17) is 0 Å². The molecular weight excluding hydrogens is 326 g/mol. The Labute approximate surface area is 153 Å². The van der Waals surface area contributed by atoms with Crippen molar-refractivity contribution in [3.05, 3.63) is 60.6 Å². The van der Waals surface area contributed by atoms with Crippen molar-refractivity contribution < 1.29 is 0 Å². The topological polar surface area (TPSA) is 71.8 Å². The van der Waals surface area contributed by atoms with Crippen molar-refractivity contribution in [3.63, 3.8) is 0 Å². The molecule has 1 saturated heterocycles. The predicted octanol–water partition coefficient (Wildman–Crippen LogP) is 2.55. The van der Waals surface area contributed by atoms with Crippen molar-refractivity contribution in [1.82, 2.24) is 30.1 Å². The fourth-order valence-electron chi connectivity index (χ4n) is 3.47. The second-order valence-corrected chi connectivity index (χ2v) is 6.71. The van der Waals surface area contributed by atoms with Crippen LogP contribution in [-0.4, -0.2) is 49.7 Å². The molecule has 3 aromatic rings. The van der Waals surface area contributed by atoms with Crippen LogP contribution in [0.5, 0.6) is 0 Å². The van der Waals surface area contributed by atoms with E-state index >= 15 is 0 Å². The molecule has 7 nitrogen and oxygen atoms in total. The molecule has 26 heavy (non-hydrogen) atoms. The summed E-state index contributed by atoms with van der Waals surface area (Å²) in [5.74, 6) is 2.42. The first-order chi connectivity index (χ1) is 12.8. The van der Waals surface area contributed by atoms with E-state index in [-0.39, 0.29) is 6.04 Å². The van der Waals surface area contributed by atoms with Gasteiger partial charge in [0.1, 0.15) is 5.82 Å². The van der Waals surface area contributed by atoms with Gasteiger partial charge in [-0.2, -0.15) is 4.68 Å². The Morgan fingerprint density at radius 1 is 1.15 bits per heavy atom. The molecule has 2 aromatic heterocycles. The lowest BCUT2D eigenvalue weighted by atomic mass is 10.1. The molecule has 1 aliphatic heterocycles. The number of benzene rings is 1. The monoisotopic (exact) mass is 349 g/mol. The molecule has 134 valence electrons. The second-order valence-electron chi connectivity index (χ2n) is 6.71. The molecule has 1 aromatic carbocycles. The van der Waals surface area contributed by atoms with Gasteiger partial charge in [-0.3, -0.25) is 4.90 Å². The Balaban J connectivity index is 1.39. The third-order valence-electron chi connectivity index (χ3n) is 4.97. The van der Waals surface area contributed by atoms with Crippen LogP contribution >= 0.6 is 0 Å². The summed E-state index contributed by atoms with van der Waals surface area (Å²) in [6.07, 6.45) is 2.98. The normalized spacial score (nSPS) is 18.7. The van der Waals surface area contributed by atoms with Gasteiger partial charge in [0.2, 0.25) is 0 Å². The maximum absolute atomic E-state index is 4.33. The van der Waals surface area contributed by atoms with Gasteiger partial charge in [-0.05, 0) is 60.5 Å². The van der Waals surface area contributed by atoms with E-state index in [0.29, 0.717) is 5.92 Å². The minimum Gasteiger partial charge on any atom is -0.370 e. The molecule has 0 saturated carbocycles. The molecule has 1 N–H and O–H groups in total. The summed E-state index contributed by atoms with van der Waals surface area (Å²) < 4.78 is 1.84.